The third kappa shape index (κ3) is 2.90. The molecule has 0 heterocycles. The molecule has 0 aliphatic heterocycles. The van der Waals surface area contributed by atoms with Gasteiger partial charge in [0, 0.05) is 5.56 Å². The Morgan fingerprint density at radius 1 is 1.11 bits per heavy atom. The minimum absolute atomic E-state index is 0.123. The molecule has 0 radical (unpaired) electrons. The Bertz CT molecular complexity index is 602. The summed E-state index contributed by atoms with van der Waals surface area (Å²) in [5.41, 5.74) is -1.07. The molecule has 0 N–H and O–H groups in total. The van der Waals surface area contributed by atoms with Crippen LogP contribution in [0.2, 0.25) is 0 Å². The van der Waals surface area contributed by atoms with Gasteiger partial charge in [0.25, 0.3) is 0 Å². The molecular formula is C14H9ClF2O2. The van der Waals surface area contributed by atoms with E-state index in [1.165, 1.54) is 24.3 Å². The Labute approximate surface area is 113 Å². The first-order valence-corrected chi connectivity index (χ1v) is 5.86. The Balaban J connectivity index is 2.28. The van der Waals surface area contributed by atoms with E-state index in [0.717, 1.165) is 6.07 Å². The molecule has 0 saturated heterocycles. The standard InChI is InChI=1S/C14H9ClF2O2/c15-14(10-5-3-6-11(16)13(10)17)19-12-7-2-1-4-9(12)8-18/h1-8,14H. The van der Waals surface area contributed by atoms with E-state index < -0.39 is 17.2 Å². The van der Waals surface area contributed by atoms with E-state index in [1.807, 2.05) is 0 Å². The zero-order chi connectivity index (χ0) is 13.8. The van der Waals surface area contributed by atoms with Crippen molar-refractivity contribution in [3.8, 4) is 5.75 Å². The number of halogens is 3. The van der Waals surface area contributed by atoms with Gasteiger partial charge in [-0.1, -0.05) is 35.9 Å². The number of carbonyl (C=O) groups excluding carboxylic acids is 1. The summed E-state index contributed by atoms with van der Waals surface area (Å²) in [6, 6.07) is 10.0. The van der Waals surface area contributed by atoms with Crippen LogP contribution in [0.1, 0.15) is 21.5 Å². The quantitative estimate of drug-likeness (QED) is 0.623. The predicted molar refractivity (Wildman–Crippen MR) is 67.4 cm³/mol. The average Bonchev–Trinajstić information content (AvgIpc) is 2.42. The number of carbonyl (C=O) groups is 1. The van der Waals surface area contributed by atoms with Gasteiger partial charge in [-0.15, -0.1) is 0 Å². The molecule has 0 aliphatic rings. The van der Waals surface area contributed by atoms with Crippen LogP contribution in [-0.4, -0.2) is 6.29 Å². The first-order chi connectivity index (χ1) is 9.13. The summed E-state index contributed by atoms with van der Waals surface area (Å²) in [7, 11) is 0. The number of hydrogen-bond acceptors (Lipinski definition) is 2. The van der Waals surface area contributed by atoms with Crippen molar-refractivity contribution in [2.75, 3.05) is 0 Å². The summed E-state index contributed by atoms with van der Waals surface area (Å²) in [5, 5.41) is 0. The lowest BCUT2D eigenvalue weighted by molar-refractivity contribution is 0.111. The van der Waals surface area contributed by atoms with Gasteiger partial charge in [0.1, 0.15) is 5.75 Å². The topological polar surface area (TPSA) is 26.3 Å². The van der Waals surface area contributed by atoms with E-state index in [1.54, 1.807) is 12.1 Å². The fourth-order valence-electron chi connectivity index (χ4n) is 1.56. The second kappa shape index (κ2) is 5.80. The predicted octanol–water partition coefficient (Wildman–Crippen LogP) is 4.09. The summed E-state index contributed by atoms with van der Waals surface area (Å²) in [4.78, 5) is 10.8. The summed E-state index contributed by atoms with van der Waals surface area (Å²) in [5.74, 6) is -1.86. The van der Waals surface area contributed by atoms with E-state index in [2.05, 4.69) is 0 Å². The largest absolute Gasteiger partial charge is 0.469 e. The third-order valence-electron chi connectivity index (χ3n) is 2.50. The fourth-order valence-corrected chi connectivity index (χ4v) is 1.82. The van der Waals surface area contributed by atoms with E-state index >= 15 is 0 Å². The normalized spacial score (nSPS) is 11.9. The van der Waals surface area contributed by atoms with Gasteiger partial charge < -0.3 is 4.74 Å². The summed E-state index contributed by atoms with van der Waals surface area (Å²) < 4.78 is 31.9. The Morgan fingerprint density at radius 2 is 1.84 bits per heavy atom. The highest BCUT2D eigenvalue weighted by Crippen LogP contribution is 2.29. The van der Waals surface area contributed by atoms with Crippen molar-refractivity contribution < 1.29 is 18.3 Å². The van der Waals surface area contributed by atoms with Crippen LogP contribution < -0.4 is 4.74 Å². The van der Waals surface area contributed by atoms with Crippen molar-refractivity contribution in [1.82, 2.24) is 0 Å². The molecule has 0 fully saturated rings. The Morgan fingerprint density at radius 3 is 2.58 bits per heavy atom. The maximum atomic E-state index is 13.5. The molecule has 1 unspecified atom stereocenters. The number of para-hydroxylation sites is 1. The molecule has 2 nitrogen and oxygen atoms in total. The van der Waals surface area contributed by atoms with E-state index in [0.29, 0.717) is 6.29 Å². The van der Waals surface area contributed by atoms with Gasteiger partial charge >= 0.3 is 0 Å². The van der Waals surface area contributed by atoms with Gasteiger partial charge in [0.2, 0.25) is 5.56 Å². The number of ether oxygens (including phenoxy) is 1. The second-order valence-corrected chi connectivity index (χ2v) is 4.13. The van der Waals surface area contributed by atoms with Crippen LogP contribution in [0.4, 0.5) is 8.78 Å². The lowest BCUT2D eigenvalue weighted by atomic mass is 10.2. The van der Waals surface area contributed by atoms with Crippen LogP contribution in [0.25, 0.3) is 0 Å². The van der Waals surface area contributed by atoms with Crippen LogP contribution in [0.3, 0.4) is 0 Å². The van der Waals surface area contributed by atoms with Crippen LogP contribution >= 0.6 is 11.6 Å². The van der Waals surface area contributed by atoms with Crippen molar-refractivity contribution in [3.63, 3.8) is 0 Å². The van der Waals surface area contributed by atoms with Crippen molar-refractivity contribution >= 4 is 17.9 Å². The van der Waals surface area contributed by atoms with Crippen LogP contribution in [-0.2, 0) is 0 Å². The van der Waals surface area contributed by atoms with Crippen LogP contribution in [0.5, 0.6) is 5.75 Å². The first-order valence-electron chi connectivity index (χ1n) is 5.42. The molecule has 98 valence electrons. The molecule has 5 heteroatoms. The van der Waals surface area contributed by atoms with Gasteiger partial charge in [-0.3, -0.25) is 4.79 Å². The molecule has 0 aromatic heterocycles. The number of rotatable bonds is 4. The van der Waals surface area contributed by atoms with Crippen LogP contribution in [0.15, 0.2) is 42.5 Å². The smallest absolute Gasteiger partial charge is 0.200 e. The number of benzene rings is 2. The van der Waals surface area contributed by atoms with Gasteiger partial charge in [0.15, 0.2) is 17.9 Å². The zero-order valence-electron chi connectivity index (χ0n) is 9.65. The molecule has 0 bridgehead atoms. The second-order valence-electron chi connectivity index (χ2n) is 3.73. The third-order valence-corrected chi connectivity index (χ3v) is 2.83. The molecule has 0 saturated carbocycles. The molecule has 0 spiro atoms. The van der Waals surface area contributed by atoms with Gasteiger partial charge in [-0.25, -0.2) is 8.78 Å². The molecule has 2 aromatic carbocycles. The number of hydrogen-bond donors (Lipinski definition) is 0. The molecule has 2 aromatic rings. The van der Waals surface area contributed by atoms with Crippen molar-refractivity contribution in [2.45, 2.75) is 5.56 Å². The van der Waals surface area contributed by atoms with Crippen molar-refractivity contribution in [2.24, 2.45) is 0 Å². The monoisotopic (exact) mass is 282 g/mol. The highest BCUT2D eigenvalue weighted by atomic mass is 35.5. The maximum Gasteiger partial charge on any atom is 0.200 e. The van der Waals surface area contributed by atoms with Crippen LogP contribution in [0, 0.1) is 11.6 Å². The summed E-state index contributed by atoms with van der Waals surface area (Å²) in [6.45, 7) is 0. The Hall–Kier alpha value is -1.94. The fraction of sp³-hybridized carbons (Fsp3) is 0.0714. The summed E-state index contributed by atoms with van der Waals surface area (Å²) >= 11 is 5.90. The Kier molecular flexibility index (Phi) is 4.12. The molecule has 2 rings (SSSR count). The maximum absolute atomic E-state index is 13.5. The zero-order valence-corrected chi connectivity index (χ0v) is 10.4. The van der Waals surface area contributed by atoms with E-state index in [-0.39, 0.29) is 16.9 Å². The highest BCUT2D eigenvalue weighted by molar-refractivity contribution is 6.20. The lowest BCUT2D eigenvalue weighted by Gasteiger charge is -2.15. The van der Waals surface area contributed by atoms with E-state index in [9.17, 15) is 13.6 Å². The van der Waals surface area contributed by atoms with E-state index in [4.69, 9.17) is 16.3 Å². The van der Waals surface area contributed by atoms with Crippen molar-refractivity contribution in [1.29, 1.82) is 0 Å². The first kappa shape index (κ1) is 13.5. The van der Waals surface area contributed by atoms with Gasteiger partial charge in [0.05, 0.1) is 5.56 Å². The molecule has 19 heavy (non-hydrogen) atoms. The summed E-state index contributed by atoms with van der Waals surface area (Å²) in [6.07, 6.45) is 0.598. The minimum Gasteiger partial charge on any atom is -0.469 e. The lowest BCUT2D eigenvalue weighted by Crippen LogP contribution is -2.05. The molecule has 1 atom stereocenters. The average molecular weight is 283 g/mol. The molecule has 0 amide bonds. The van der Waals surface area contributed by atoms with Crippen molar-refractivity contribution in [3.05, 3.63) is 65.2 Å². The number of aldehydes is 1. The molecular weight excluding hydrogens is 274 g/mol. The number of alkyl halides is 1. The molecule has 0 aliphatic carbocycles. The van der Waals surface area contributed by atoms with Gasteiger partial charge in [-0.05, 0) is 18.2 Å². The highest BCUT2D eigenvalue weighted by Gasteiger charge is 2.18. The SMILES string of the molecule is O=Cc1ccccc1OC(Cl)c1cccc(F)c1F. The van der Waals surface area contributed by atoms with Gasteiger partial charge in [-0.2, -0.15) is 0 Å². The minimum atomic E-state index is -1.23.